The highest BCUT2D eigenvalue weighted by atomic mass is 16.5. The van der Waals surface area contributed by atoms with Gasteiger partial charge in [0.15, 0.2) is 11.5 Å². The lowest BCUT2D eigenvalue weighted by molar-refractivity contribution is 0.0335. The molecule has 34 heavy (non-hydrogen) atoms. The molecular weight excluding hydrogens is 428 g/mol. The van der Waals surface area contributed by atoms with Gasteiger partial charge in [-0.2, -0.15) is 0 Å². The zero-order chi connectivity index (χ0) is 23.5. The van der Waals surface area contributed by atoms with Crippen molar-refractivity contribution >= 4 is 17.1 Å². The number of fused-ring (bicyclic) bond motifs is 1. The number of nitrogens with zero attached hydrogens (tertiary/aromatic N) is 2. The number of morpholine rings is 1. The van der Waals surface area contributed by atoms with Gasteiger partial charge in [0, 0.05) is 23.3 Å². The molecule has 1 fully saturated rings. The smallest absolute Gasteiger partial charge is 0.160 e. The number of rotatable bonds is 4. The fraction of sp³-hybridized carbons (Fsp3) is 0.250. The van der Waals surface area contributed by atoms with Gasteiger partial charge in [0.05, 0.1) is 39.2 Å². The molecular formula is C28H26N2O4. The summed E-state index contributed by atoms with van der Waals surface area (Å²) in [4.78, 5) is 7.29. The Bertz CT molecular complexity index is 1310. The van der Waals surface area contributed by atoms with Gasteiger partial charge in [0.1, 0.15) is 11.6 Å². The summed E-state index contributed by atoms with van der Waals surface area (Å²) in [6.07, 6.45) is 9.64. The van der Waals surface area contributed by atoms with E-state index in [4.69, 9.17) is 18.9 Å². The molecule has 2 aromatic rings. The molecule has 0 amide bonds. The maximum atomic E-state index is 9.74. The summed E-state index contributed by atoms with van der Waals surface area (Å²) in [5.74, 6) is 2.19. The molecule has 1 atom stereocenters. The van der Waals surface area contributed by atoms with Gasteiger partial charge < -0.3 is 23.9 Å². The van der Waals surface area contributed by atoms with Crippen molar-refractivity contribution in [1.82, 2.24) is 4.90 Å². The Kier molecular flexibility index (Phi) is 6.22. The SMILES string of the molecule is COc1ccc(C2=CC=C3C(=C=C2)C=C=C(c2ccco2)N=C3N2CCOC[C@@H]2C)cc1CO. The van der Waals surface area contributed by atoms with E-state index in [9.17, 15) is 5.11 Å². The Balaban J connectivity index is 1.63. The number of amidine groups is 1. The van der Waals surface area contributed by atoms with Gasteiger partial charge in [0.2, 0.25) is 0 Å². The van der Waals surface area contributed by atoms with E-state index in [1.807, 2.05) is 42.5 Å². The molecule has 1 aromatic carbocycles. The van der Waals surface area contributed by atoms with Crippen LogP contribution in [-0.4, -0.2) is 48.8 Å². The first-order chi connectivity index (χ1) is 16.7. The summed E-state index contributed by atoms with van der Waals surface area (Å²) in [6, 6.07) is 9.71. The molecule has 0 unspecified atom stereocenters. The topological polar surface area (TPSA) is 67.4 Å². The number of hydrogen-bond acceptors (Lipinski definition) is 6. The predicted molar refractivity (Wildman–Crippen MR) is 131 cm³/mol. The maximum Gasteiger partial charge on any atom is 0.160 e. The standard InChI is InChI=1S/C28H26N2O4/c1-19-18-33-15-13-30(19)28-24-10-7-20(22-9-12-26(32-2)23(16-22)17-31)5-6-21(24)8-11-25(29-28)27-4-3-14-34-27/h3-5,7-10,12,14,16,19,31H,13,15,17-18H2,1-2H3/t19-/m0/s1. The van der Waals surface area contributed by atoms with Crippen LogP contribution in [0.15, 0.2) is 92.9 Å². The van der Waals surface area contributed by atoms with Crippen LogP contribution in [0, 0.1) is 0 Å². The van der Waals surface area contributed by atoms with Gasteiger partial charge in [-0.1, -0.05) is 17.9 Å². The molecule has 172 valence electrons. The van der Waals surface area contributed by atoms with Crippen LogP contribution in [0.1, 0.15) is 23.8 Å². The van der Waals surface area contributed by atoms with E-state index in [1.165, 1.54) is 0 Å². The average Bonchev–Trinajstić information content (AvgIpc) is 3.24. The fourth-order valence-electron chi connectivity index (χ4n) is 4.26. The molecule has 0 bridgehead atoms. The van der Waals surface area contributed by atoms with Gasteiger partial charge >= 0.3 is 0 Å². The molecule has 6 nitrogen and oxygen atoms in total. The first-order valence-electron chi connectivity index (χ1n) is 11.3. The number of benzene rings is 1. The van der Waals surface area contributed by atoms with Gasteiger partial charge in [-0.25, -0.2) is 4.99 Å². The van der Waals surface area contributed by atoms with Crippen LogP contribution >= 0.6 is 0 Å². The highest BCUT2D eigenvalue weighted by Crippen LogP contribution is 2.30. The Morgan fingerprint density at radius 1 is 1.21 bits per heavy atom. The lowest BCUT2D eigenvalue weighted by Gasteiger charge is -2.36. The van der Waals surface area contributed by atoms with Crippen LogP contribution in [0.25, 0.3) is 11.3 Å². The quantitative estimate of drug-likeness (QED) is 0.689. The van der Waals surface area contributed by atoms with Gasteiger partial charge in [-0.15, -0.1) is 5.73 Å². The summed E-state index contributed by atoms with van der Waals surface area (Å²) in [5.41, 5.74) is 11.9. The number of allylic oxidation sites excluding steroid dienone is 4. The van der Waals surface area contributed by atoms with Crippen molar-refractivity contribution < 1.29 is 19.0 Å². The van der Waals surface area contributed by atoms with Crippen molar-refractivity contribution in [3.63, 3.8) is 0 Å². The minimum atomic E-state index is -0.0923. The number of ether oxygens (including phenoxy) is 2. The second-order valence-corrected chi connectivity index (χ2v) is 8.26. The van der Waals surface area contributed by atoms with E-state index in [-0.39, 0.29) is 12.6 Å². The van der Waals surface area contributed by atoms with Gasteiger partial charge in [-0.05, 0) is 60.6 Å². The fourth-order valence-corrected chi connectivity index (χ4v) is 4.26. The molecule has 3 heterocycles. The van der Waals surface area contributed by atoms with E-state index >= 15 is 0 Å². The molecule has 5 rings (SSSR count). The number of methoxy groups -OCH3 is 1. The molecule has 2 aliphatic heterocycles. The molecule has 3 aliphatic rings. The normalized spacial score (nSPS) is 19.8. The third kappa shape index (κ3) is 4.24. The average molecular weight is 455 g/mol. The Morgan fingerprint density at radius 2 is 2.12 bits per heavy atom. The lowest BCUT2D eigenvalue weighted by atomic mass is 10.0. The zero-order valence-corrected chi connectivity index (χ0v) is 19.2. The first kappa shape index (κ1) is 22.0. The minimum absolute atomic E-state index is 0.0923. The number of furan rings is 1. The van der Waals surface area contributed by atoms with Crippen molar-refractivity contribution in [3.8, 4) is 5.75 Å². The van der Waals surface area contributed by atoms with Crippen LogP contribution in [0.5, 0.6) is 5.75 Å². The van der Waals surface area contributed by atoms with Crippen LogP contribution < -0.4 is 4.74 Å². The number of aliphatic hydroxyl groups is 1. The van der Waals surface area contributed by atoms with Crippen LogP contribution in [0.2, 0.25) is 0 Å². The van der Waals surface area contributed by atoms with Crippen molar-refractivity contribution in [2.24, 2.45) is 4.99 Å². The van der Waals surface area contributed by atoms with E-state index in [1.54, 1.807) is 13.4 Å². The molecule has 1 saturated heterocycles. The second-order valence-electron chi connectivity index (χ2n) is 8.26. The number of aliphatic imine (C=N–C) groups is 1. The Hall–Kier alpha value is -3.79. The lowest BCUT2D eigenvalue weighted by Crippen LogP contribution is -2.47. The molecule has 0 radical (unpaired) electrons. The third-order valence-corrected chi connectivity index (χ3v) is 6.09. The van der Waals surface area contributed by atoms with Crippen LogP contribution in [-0.2, 0) is 11.3 Å². The maximum absolute atomic E-state index is 9.74. The zero-order valence-electron chi connectivity index (χ0n) is 19.2. The molecule has 1 aliphatic carbocycles. The van der Waals surface area contributed by atoms with Crippen molar-refractivity contribution in [2.75, 3.05) is 26.9 Å². The summed E-state index contributed by atoms with van der Waals surface area (Å²) in [5, 5.41) is 9.74. The van der Waals surface area contributed by atoms with E-state index in [0.717, 1.165) is 40.2 Å². The predicted octanol–water partition coefficient (Wildman–Crippen LogP) is 4.51. The van der Waals surface area contributed by atoms with Crippen molar-refractivity contribution in [2.45, 2.75) is 19.6 Å². The van der Waals surface area contributed by atoms with Gasteiger partial charge in [-0.3, -0.25) is 0 Å². The number of aliphatic hydroxyl groups excluding tert-OH is 1. The summed E-state index contributed by atoms with van der Waals surface area (Å²) >= 11 is 0. The molecule has 6 heteroatoms. The monoisotopic (exact) mass is 454 g/mol. The van der Waals surface area contributed by atoms with Crippen molar-refractivity contribution in [3.05, 3.63) is 100 Å². The Labute approximate surface area is 198 Å². The van der Waals surface area contributed by atoms with E-state index in [0.29, 0.717) is 30.4 Å². The van der Waals surface area contributed by atoms with E-state index in [2.05, 4.69) is 35.4 Å². The first-order valence-corrected chi connectivity index (χ1v) is 11.3. The molecule has 0 saturated carbocycles. The summed E-state index contributed by atoms with van der Waals surface area (Å²) in [7, 11) is 1.60. The van der Waals surface area contributed by atoms with E-state index < -0.39 is 0 Å². The summed E-state index contributed by atoms with van der Waals surface area (Å²) < 4.78 is 16.6. The van der Waals surface area contributed by atoms with Gasteiger partial charge in [0.25, 0.3) is 0 Å². The van der Waals surface area contributed by atoms with Crippen LogP contribution in [0.4, 0.5) is 0 Å². The third-order valence-electron chi connectivity index (χ3n) is 6.09. The van der Waals surface area contributed by atoms with Crippen molar-refractivity contribution in [1.29, 1.82) is 0 Å². The Morgan fingerprint density at radius 3 is 2.88 bits per heavy atom. The highest BCUT2D eigenvalue weighted by Gasteiger charge is 2.28. The molecule has 1 aromatic heterocycles. The second kappa shape index (κ2) is 9.60. The summed E-state index contributed by atoms with van der Waals surface area (Å²) in [6.45, 7) is 4.09. The molecule has 1 N–H and O–H groups in total. The number of hydrogen-bond donors (Lipinski definition) is 1. The molecule has 0 spiro atoms. The minimum Gasteiger partial charge on any atom is -0.496 e. The highest BCUT2D eigenvalue weighted by molar-refractivity contribution is 6.07. The van der Waals surface area contributed by atoms with Crippen LogP contribution in [0.3, 0.4) is 0 Å². The largest absolute Gasteiger partial charge is 0.496 e.